The van der Waals surface area contributed by atoms with Crippen LogP contribution in [0, 0.1) is 0 Å². The van der Waals surface area contributed by atoms with Crippen LogP contribution in [0.3, 0.4) is 0 Å². The van der Waals surface area contributed by atoms with Gasteiger partial charge in [-0.05, 0) is 31.8 Å². The number of nitrogens with zero attached hydrogens (tertiary/aromatic N) is 1. The minimum atomic E-state index is 0. The maximum absolute atomic E-state index is 4.24. The molecular weight excluding hydrogens is 357 g/mol. The van der Waals surface area contributed by atoms with Gasteiger partial charge in [0, 0.05) is 19.6 Å². The van der Waals surface area contributed by atoms with Crippen LogP contribution in [0.1, 0.15) is 46.0 Å². The molecule has 0 radical (unpaired) electrons. The largest absolute Gasteiger partial charge is 0.356 e. The number of nitrogens with one attached hydrogen (secondary N) is 2. The molecule has 18 heavy (non-hydrogen) atoms. The van der Waals surface area contributed by atoms with Crippen LogP contribution >= 0.6 is 35.7 Å². The highest BCUT2D eigenvalue weighted by Gasteiger charge is 2.03. The summed E-state index contributed by atoms with van der Waals surface area (Å²) in [5, 5.41) is 6.79. The van der Waals surface area contributed by atoms with Gasteiger partial charge in [0.05, 0.1) is 0 Å². The predicted molar refractivity (Wildman–Crippen MR) is 96.5 cm³/mol. The molecule has 0 saturated heterocycles. The third-order valence-corrected chi connectivity index (χ3v) is 3.36. The van der Waals surface area contributed by atoms with Gasteiger partial charge in [-0.2, -0.15) is 11.8 Å². The Morgan fingerprint density at radius 1 is 1.28 bits per heavy atom. The number of aliphatic imine (C=N–C) groups is 1. The summed E-state index contributed by atoms with van der Waals surface area (Å²) >= 11 is 1.89. The van der Waals surface area contributed by atoms with E-state index in [2.05, 4.69) is 35.7 Å². The Balaban J connectivity index is 0. The number of rotatable bonds is 9. The second-order valence-corrected chi connectivity index (χ2v) is 5.37. The Morgan fingerprint density at radius 2 is 2.00 bits per heavy atom. The third kappa shape index (κ3) is 12.8. The van der Waals surface area contributed by atoms with Crippen molar-refractivity contribution in [3.63, 3.8) is 0 Å². The first-order valence-corrected chi connectivity index (χ1v) is 8.10. The van der Waals surface area contributed by atoms with E-state index in [0.29, 0.717) is 6.04 Å². The maximum Gasteiger partial charge on any atom is 0.191 e. The topological polar surface area (TPSA) is 36.4 Å². The smallest absolute Gasteiger partial charge is 0.191 e. The molecule has 0 rings (SSSR count). The molecule has 0 aromatic carbocycles. The minimum absolute atomic E-state index is 0. The Labute approximate surface area is 134 Å². The van der Waals surface area contributed by atoms with Gasteiger partial charge in [-0.15, -0.1) is 24.0 Å². The zero-order valence-electron chi connectivity index (χ0n) is 12.3. The highest BCUT2D eigenvalue weighted by atomic mass is 127. The Bertz CT molecular complexity index is 201. The molecule has 0 aliphatic rings. The third-order valence-electron chi connectivity index (χ3n) is 2.67. The van der Waals surface area contributed by atoms with Crippen molar-refractivity contribution >= 4 is 41.7 Å². The Morgan fingerprint density at radius 3 is 2.56 bits per heavy atom. The molecule has 1 unspecified atom stereocenters. The van der Waals surface area contributed by atoms with Crippen molar-refractivity contribution in [3.8, 4) is 0 Å². The monoisotopic (exact) mass is 387 g/mol. The van der Waals surface area contributed by atoms with Gasteiger partial charge in [-0.3, -0.25) is 4.99 Å². The fourth-order valence-corrected chi connectivity index (χ4v) is 2.06. The van der Waals surface area contributed by atoms with E-state index in [1.165, 1.54) is 37.9 Å². The van der Waals surface area contributed by atoms with E-state index in [1.807, 2.05) is 18.8 Å². The van der Waals surface area contributed by atoms with E-state index in [1.54, 1.807) is 0 Å². The lowest BCUT2D eigenvalue weighted by Gasteiger charge is -2.17. The van der Waals surface area contributed by atoms with Crippen LogP contribution < -0.4 is 10.6 Å². The molecule has 110 valence electrons. The average Bonchev–Trinajstić information content (AvgIpc) is 2.33. The Kier molecular flexibility index (Phi) is 17.7. The number of hydrogen-bond acceptors (Lipinski definition) is 2. The van der Waals surface area contributed by atoms with Gasteiger partial charge in [-0.25, -0.2) is 0 Å². The van der Waals surface area contributed by atoms with Gasteiger partial charge in [0.15, 0.2) is 5.96 Å². The van der Waals surface area contributed by atoms with Crippen LogP contribution in [0.15, 0.2) is 4.99 Å². The first-order chi connectivity index (χ1) is 8.24. The van der Waals surface area contributed by atoms with Crippen LogP contribution in [0.25, 0.3) is 0 Å². The molecule has 0 spiro atoms. The van der Waals surface area contributed by atoms with E-state index in [0.717, 1.165) is 12.5 Å². The molecule has 1 atom stereocenters. The quantitative estimate of drug-likeness (QED) is 0.275. The molecule has 0 amide bonds. The summed E-state index contributed by atoms with van der Waals surface area (Å²) in [5.74, 6) is 2.14. The molecule has 5 heteroatoms. The van der Waals surface area contributed by atoms with Crippen molar-refractivity contribution < 1.29 is 0 Å². The van der Waals surface area contributed by atoms with Gasteiger partial charge in [0.25, 0.3) is 0 Å². The van der Waals surface area contributed by atoms with Crippen LogP contribution in [-0.4, -0.2) is 37.6 Å². The summed E-state index contributed by atoms with van der Waals surface area (Å²) in [6.07, 6.45) is 8.46. The molecule has 0 heterocycles. The average molecular weight is 387 g/mol. The van der Waals surface area contributed by atoms with E-state index >= 15 is 0 Å². The lowest BCUT2D eigenvalue weighted by molar-refractivity contribution is 0.546. The van der Waals surface area contributed by atoms with Crippen molar-refractivity contribution in [1.82, 2.24) is 10.6 Å². The SMILES string of the molecule is CCCCCC(C)NC(=NC)NCCCSC.I. The zero-order chi connectivity index (χ0) is 12.9. The molecule has 0 aliphatic carbocycles. The van der Waals surface area contributed by atoms with Crippen LogP contribution in [0.2, 0.25) is 0 Å². The molecule has 0 saturated carbocycles. The second kappa shape index (κ2) is 15.4. The van der Waals surface area contributed by atoms with E-state index in [4.69, 9.17) is 0 Å². The summed E-state index contributed by atoms with van der Waals surface area (Å²) in [5.41, 5.74) is 0. The van der Waals surface area contributed by atoms with Gasteiger partial charge >= 0.3 is 0 Å². The van der Waals surface area contributed by atoms with Crippen molar-refractivity contribution in [2.45, 2.75) is 52.0 Å². The summed E-state index contributed by atoms with van der Waals surface area (Å²) in [6.45, 7) is 5.47. The highest BCUT2D eigenvalue weighted by molar-refractivity contribution is 14.0. The second-order valence-electron chi connectivity index (χ2n) is 4.39. The molecule has 0 bridgehead atoms. The standard InChI is InChI=1S/C13H29N3S.HI/c1-5-6-7-9-12(2)16-13(14-3)15-10-8-11-17-4;/h12H,5-11H2,1-4H3,(H2,14,15,16);1H. The number of halogens is 1. The fourth-order valence-electron chi connectivity index (χ4n) is 1.62. The lowest BCUT2D eigenvalue weighted by atomic mass is 10.1. The first kappa shape index (κ1) is 20.7. The lowest BCUT2D eigenvalue weighted by Crippen LogP contribution is -2.42. The van der Waals surface area contributed by atoms with Crippen molar-refractivity contribution in [2.24, 2.45) is 4.99 Å². The summed E-state index contributed by atoms with van der Waals surface area (Å²) in [6, 6.07) is 0.508. The molecule has 0 aliphatic heterocycles. The van der Waals surface area contributed by atoms with Crippen LogP contribution in [0.4, 0.5) is 0 Å². The molecule has 2 N–H and O–H groups in total. The summed E-state index contributed by atoms with van der Waals surface area (Å²) in [7, 11) is 1.84. The van der Waals surface area contributed by atoms with Crippen LogP contribution in [-0.2, 0) is 0 Å². The highest BCUT2D eigenvalue weighted by Crippen LogP contribution is 2.02. The van der Waals surface area contributed by atoms with E-state index < -0.39 is 0 Å². The number of guanidine groups is 1. The van der Waals surface area contributed by atoms with Crippen molar-refractivity contribution in [1.29, 1.82) is 0 Å². The van der Waals surface area contributed by atoms with E-state index in [-0.39, 0.29) is 24.0 Å². The molecule has 0 aromatic heterocycles. The molecular formula is C13H30IN3S. The van der Waals surface area contributed by atoms with Gasteiger partial charge in [0.1, 0.15) is 0 Å². The zero-order valence-corrected chi connectivity index (χ0v) is 15.4. The van der Waals surface area contributed by atoms with Gasteiger partial charge in [-0.1, -0.05) is 26.2 Å². The summed E-state index contributed by atoms with van der Waals surface area (Å²) in [4.78, 5) is 4.24. The van der Waals surface area contributed by atoms with Gasteiger partial charge < -0.3 is 10.6 Å². The minimum Gasteiger partial charge on any atom is -0.356 e. The molecule has 0 fully saturated rings. The Hall–Kier alpha value is 0.350. The number of unbranched alkanes of at least 4 members (excludes halogenated alkanes) is 2. The van der Waals surface area contributed by atoms with Crippen LogP contribution in [0.5, 0.6) is 0 Å². The normalized spacial score (nSPS) is 12.8. The van der Waals surface area contributed by atoms with Crippen molar-refractivity contribution in [2.75, 3.05) is 25.6 Å². The first-order valence-electron chi connectivity index (χ1n) is 6.70. The van der Waals surface area contributed by atoms with Gasteiger partial charge in [0.2, 0.25) is 0 Å². The predicted octanol–water partition coefficient (Wildman–Crippen LogP) is 3.49. The number of thioether (sulfide) groups is 1. The summed E-state index contributed by atoms with van der Waals surface area (Å²) < 4.78 is 0. The number of hydrogen-bond donors (Lipinski definition) is 2. The molecule has 0 aromatic rings. The maximum atomic E-state index is 4.24. The van der Waals surface area contributed by atoms with E-state index in [9.17, 15) is 0 Å². The fraction of sp³-hybridized carbons (Fsp3) is 0.923. The molecule has 3 nitrogen and oxygen atoms in total. The van der Waals surface area contributed by atoms with Crippen molar-refractivity contribution in [3.05, 3.63) is 0 Å².